The Labute approximate surface area is 146 Å². The molecule has 24 heavy (non-hydrogen) atoms. The molecule has 0 unspecified atom stereocenters. The zero-order valence-electron chi connectivity index (χ0n) is 13.9. The van der Waals surface area contributed by atoms with Crippen LogP contribution in [0.3, 0.4) is 0 Å². The van der Waals surface area contributed by atoms with Gasteiger partial charge in [-0.3, -0.25) is 9.59 Å². The van der Waals surface area contributed by atoms with E-state index >= 15 is 0 Å². The predicted molar refractivity (Wildman–Crippen MR) is 97.8 cm³/mol. The first-order valence-corrected chi connectivity index (χ1v) is 7.86. The molecule has 2 aromatic rings. The largest absolute Gasteiger partial charge is 0.375 e. The van der Waals surface area contributed by atoms with Crippen LogP contribution in [0.2, 0.25) is 5.02 Å². The van der Waals surface area contributed by atoms with E-state index in [0.29, 0.717) is 22.0 Å². The second-order valence-electron chi connectivity index (χ2n) is 5.66. The standard InChI is InChI=1S/C18H20ClN3O2/c1-12-4-9-16(15(19)10-12)20-11-17(23)21-14-7-5-13(6-8-14)18(24)22(2)3/h4-10,20H,11H2,1-3H3,(H,21,23). The minimum absolute atomic E-state index is 0.0800. The van der Waals surface area contributed by atoms with Crippen LogP contribution in [0.15, 0.2) is 42.5 Å². The lowest BCUT2D eigenvalue weighted by Crippen LogP contribution is -2.23. The van der Waals surface area contributed by atoms with Crippen molar-refractivity contribution in [1.29, 1.82) is 0 Å². The van der Waals surface area contributed by atoms with Crippen LogP contribution < -0.4 is 10.6 Å². The number of benzene rings is 2. The molecule has 2 aromatic carbocycles. The highest BCUT2D eigenvalue weighted by molar-refractivity contribution is 6.33. The first-order valence-electron chi connectivity index (χ1n) is 7.48. The van der Waals surface area contributed by atoms with Gasteiger partial charge in [-0.2, -0.15) is 0 Å². The van der Waals surface area contributed by atoms with E-state index in [0.717, 1.165) is 5.56 Å². The number of aryl methyl sites for hydroxylation is 1. The van der Waals surface area contributed by atoms with Crippen molar-refractivity contribution >= 4 is 34.8 Å². The molecule has 0 saturated heterocycles. The summed E-state index contributed by atoms with van der Waals surface area (Å²) in [5.41, 5.74) is 2.97. The smallest absolute Gasteiger partial charge is 0.253 e. The quantitative estimate of drug-likeness (QED) is 0.873. The zero-order valence-corrected chi connectivity index (χ0v) is 14.6. The molecule has 5 nitrogen and oxygen atoms in total. The number of carbonyl (C=O) groups excluding carboxylic acids is 2. The van der Waals surface area contributed by atoms with Crippen LogP contribution in [0.5, 0.6) is 0 Å². The average molecular weight is 346 g/mol. The Balaban J connectivity index is 1.91. The van der Waals surface area contributed by atoms with E-state index in [1.807, 2.05) is 25.1 Å². The Hall–Kier alpha value is -2.53. The summed E-state index contributed by atoms with van der Waals surface area (Å²) in [6.07, 6.45) is 0. The van der Waals surface area contributed by atoms with E-state index in [9.17, 15) is 9.59 Å². The van der Waals surface area contributed by atoms with E-state index < -0.39 is 0 Å². The minimum Gasteiger partial charge on any atom is -0.375 e. The van der Waals surface area contributed by atoms with Crippen LogP contribution in [-0.2, 0) is 4.79 Å². The zero-order chi connectivity index (χ0) is 17.7. The normalized spacial score (nSPS) is 10.2. The molecular formula is C18H20ClN3O2. The van der Waals surface area contributed by atoms with E-state index in [2.05, 4.69) is 10.6 Å². The Kier molecular flexibility index (Phi) is 5.82. The number of amides is 2. The fourth-order valence-corrected chi connectivity index (χ4v) is 2.40. The van der Waals surface area contributed by atoms with Crippen LogP contribution in [0.1, 0.15) is 15.9 Å². The lowest BCUT2D eigenvalue weighted by atomic mass is 10.2. The van der Waals surface area contributed by atoms with Crippen LogP contribution in [0.4, 0.5) is 11.4 Å². The van der Waals surface area contributed by atoms with Crippen LogP contribution >= 0.6 is 11.6 Å². The molecule has 6 heteroatoms. The van der Waals surface area contributed by atoms with Gasteiger partial charge < -0.3 is 15.5 Å². The van der Waals surface area contributed by atoms with Crippen molar-refractivity contribution in [2.24, 2.45) is 0 Å². The van der Waals surface area contributed by atoms with Crippen molar-refractivity contribution in [3.63, 3.8) is 0 Å². The molecule has 0 saturated carbocycles. The molecule has 2 N–H and O–H groups in total. The number of rotatable bonds is 5. The molecule has 0 aliphatic heterocycles. The Morgan fingerprint density at radius 3 is 2.33 bits per heavy atom. The van der Waals surface area contributed by atoms with Gasteiger partial charge in [0.05, 0.1) is 17.3 Å². The SMILES string of the molecule is Cc1ccc(NCC(=O)Nc2ccc(C(=O)N(C)C)cc2)c(Cl)c1. The molecule has 0 aromatic heterocycles. The molecule has 0 radical (unpaired) electrons. The maximum atomic E-state index is 12.0. The molecular weight excluding hydrogens is 326 g/mol. The van der Waals surface area contributed by atoms with Gasteiger partial charge in [0.25, 0.3) is 5.91 Å². The highest BCUT2D eigenvalue weighted by Crippen LogP contribution is 2.22. The van der Waals surface area contributed by atoms with Gasteiger partial charge in [-0.15, -0.1) is 0 Å². The van der Waals surface area contributed by atoms with E-state index in [1.54, 1.807) is 38.4 Å². The van der Waals surface area contributed by atoms with Gasteiger partial charge in [0, 0.05) is 25.3 Å². The third kappa shape index (κ3) is 4.73. The number of hydrogen-bond acceptors (Lipinski definition) is 3. The van der Waals surface area contributed by atoms with Crippen molar-refractivity contribution < 1.29 is 9.59 Å². The second kappa shape index (κ2) is 7.84. The summed E-state index contributed by atoms with van der Waals surface area (Å²) in [4.78, 5) is 25.3. The maximum absolute atomic E-state index is 12.0. The molecule has 0 aliphatic rings. The van der Waals surface area contributed by atoms with Gasteiger partial charge in [0.15, 0.2) is 0 Å². The van der Waals surface area contributed by atoms with Crippen molar-refractivity contribution in [1.82, 2.24) is 4.90 Å². The van der Waals surface area contributed by atoms with Crippen molar-refractivity contribution in [3.05, 3.63) is 58.6 Å². The van der Waals surface area contributed by atoms with Crippen molar-refractivity contribution in [3.8, 4) is 0 Å². The molecule has 2 amide bonds. The van der Waals surface area contributed by atoms with Crippen molar-refractivity contribution in [2.75, 3.05) is 31.3 Å². The highest BCUT2D eigenvalue weighted by Gasteiger charge is 2.08. The van der Waals surface area contributed by atoms with Gasteiger partial charge in [0.1, 0.15) is 0 Å². The molecule has 0 aliphatic carbocycles. The third-order valence-corrected chi connectivity index (χ3v) is 3.70. The van der Waals surface area contributed by atoms with Gasteiger partial charge in [-0.1, -0.05) is 17.7 Å². The number of nitrogens with zero attached hydrogens (tertiary/aromatic N) is 1. The summed E-state index contributed by atoms with van der Waals surface area (Å²) in [5.74, 6) is -0.276. The predicted octanol–water partition coefficient (Wildman–Crippen LogP) is 3.40. The van der Waals surface area contributed by atoms with E-state index in [4.69, 9.17) is 11.6 Å². The summed E-state index contributed by atoms with van der Waals surface area (Å²) in [5, 5.41) is 6.35. The minimum atomic E-state index is -0.196. The molecule has 0 spiro atoms. The van der Waals surface area contributed by atoms with E-state index in [-0.39, 0.29) is 18.4 Å². The van der Waals surface area contributed by atoms with Crippen LogP contribution in [0, 0.1) is 6.92 Å². The average Bonchev–Trinajstić information content (AvgIpc) is 2.54. The Morgan fingerprint density at radius 1 is 1.08 bits per heavy atom. The molecule has 2 rings (SSSR count). The third-order valence-electron chi connectivity index (χ3n) is 3.39. The number of halogens is 1. The monoisotopic (exact) mass is 345 g/mol. The van der Waals surface area contributed by atoms with Crippen LogP contribution in [-0.4, -0.2) is 37.4 Å². The molecule has 0 bridgehead atoms. The van der Waals surface area contributed by atoms with Gasteiger partial charge in [-0.05, 0) is 48.9 Å². The van der Waals surface area contributed by atoms with Gasteiger partial charge in [-0.25, -0.2) is 0 Å². The fraction of sp³-hybridized carbons (Fsp3) is 0.222. The second-order valence-corrected chi connectivity index (χ2v) is 6.07. The van der Waals surface area contributed by atoms with Crippen molar-refractivity contribution in [2.45, 2.75) is 6.92 Å². The first-order chi connectivity index (χ1) is 11.4. The summed E-state index contributed by atoms with van der Waals surface area (Å²) < 4.78 is 0. The molecule has 0 atom stereocenters. The molecule has 0 heterocycles. The van der Waals surface area contributed by atoms with E-state index in [1.165, 1.54) is 4.90 Å². The Morgan fingerprint density at radius 2 is 1.75 bits per heavy atom. The number of anilines is 2. The number of hydrogen-bond donors (Lipinski definition) is 2. The summed E-state index contributed by atoms with van der Waals surface area (Å²) >= 11 is 6.12. The number of nitrogens with one attached hydrogen (secondary N) is 2. The van der Waals surface area contributed by atoms with Gasteiger partial charge >= 0.3 is 0 Å². The Bertz CT molecular complexity index is 742. The topological polar surface area (TPSA) is 61.4 Å². The highest BCUT2D eigenvalue weighted by atomic mass is 35.5. The van der Waals surface area contributed by atoms with Crippen LogP contribution in [0.25, 0.3) is 0 Å². The molecule has 126 valence electrons. The van der Waals surface area contributed by atoms with Gasteiger partial charge in [0.2, 0.25) is 5.91 Å². The fourth-order valence-electron chi connectivity index (χ4n) is 2.10. The summed E-state index contributed by atoms with van der Waals surface area (Å²) in [7, 11) is 3.39. The first kappa shape index (κ1) is 17.8. The lowest BCUT2D eigenvalue weighted by molar-refractivity contribution is -0.114. The summed E-state index contributed by atoms with van der Waals surface area (Å²) in [6.45, 7) is 2.05. The number of carbonyl (C=O) groups is 2. The summed E-state index contributed by atoms with van der Waals surface area (Å²) in [6, 6.07) is 12.4. The molecule has 0 fully saturated rings. The lowest BCUT2D eigenvalue weighted by Gasteiger charge is -2.12. The maximum Gasteiger partial charge on any atom is 0.253 e.